The molecule has 2 fully saturated rings. The first-order valence-electron chi connectivity index (χ1n) is 7.83. The minimum atomic E-state index is -3.13. The van der Waals surface area contributed by atoms with Crippen LogP contribution in [0.2, 0.25) is 0 Å². The molecule has 3 heteroatoms. The van der Waals surface area contributed by atoms with E-state index in [1.807, 2.05) is 0 Å². The Morgan fingerprint density at radius 3 is 2.73 bits per heavy atom. The van der Waals surface area contributed by atoms with Crippen molar-refractivity contribution < 1.29 is 17.1 Å². The van der Waals surface area contributed by atoms with E-state index in [4.69, 9.17) is 12.3 Å². The maximum atomic E-state index is 12.2. The van der Waals surface area contributed by atoms with E-state index in [0.29, 0.717) is 0 Å². The van der Waals surface area contributed by atoms with Crippen LogP contribution in [0.15, 0.2) is 0 Å². The highest BCUT2D eigenvalue weighted by atomic mass is 16.2. The van der Waals surface area contributed by atoms with Crippen molar-refractivity contribution in [2.75, 3.05) is 26.0 Å². The van der Waals surface area contributed by atoms with Gasteiger partial charge in [0, 0.05) is 38.7 Å². The normalized spacial score (nSPS) is 58.5. The van der Waals surface area contributed by atoms with Crippen molar-refractivity contribution in [2.24, 2.45) is 5.89 Å². The first kappa shape index (κ1) is 2.22. The highest BCUT2D eigenvalue weighted by Gasteiger charge is 2.33. The molecule has 2 rings (SSSR count). The fourth-order valence-electron chi connectivity index (χ4n) is 0.763. The zero-order chi connectivity index (χ0) is 15.8. The molecule has 11 heavy (non-hydrogen) atoms. The molecule has 0 aromatic heterocycles. The highest BCUT2D eigenvalue weighted by Crippen LogP contribution is 2.30. The Morgan fingerprint density at radius 1 is 1.55 bits per heavy atom. The van der Waals surface area contributed by atoms with Crippen molar-refractivity contribution in [1.82, 2.24) is 10.2 Å². The number of nitrogens with one attached hydrogen (secondary N) is 1. The van der Waals surface area contributed by atoms with Crippen LogP contribution in [0.3, 0.4) is 0 Å². The first-order chi connectivity index (χ1) is 8.69. The molecule has 2 aliphatic rings. The van der Waals surface area contributed by atoms with E-state index in [1.54, 1.807) is 5.32 Å². The number of hydrogen-bond acceptors (Lipinski definition) is 2. The molecule has 0 aromatic carbocycles. The molecule has 1 aliphatic carbocycles. The Balaban J connectivity index is 2.55. The number of hydrogen-bond donors (Lipinski definition) is 1. The Labute approximate surface area is 79.4 Å². The monoisotopic (exact) mass is 163 g/mol. The standard InChI is InChI=1S/C8H14N2O/c11-8(7-1-2-7)10-5-3-9-4-6-10/h7,9H,1-6H2/i3D2,4D2,5D2,6D2,7D. The van der Waals surface area contributed by atoms with E-state index >= 15 is 0 Å². The molecule has 0 aromatic rings. The summed E-state index contributed by atoms with van der Waals surface area (Å²) < 4.78 is 68.6. The van der Waals surface area contributed by atoms with Crippen LogP contribution in [-0.4, -0.2) is 36.8 Å². The van der Waals surface area contributed by atoms with Gasteiger partial charge >= 0.3 is 0 Å². The van der Waals surface area contributed by atoms with E-state index < -0.39 is 37.8 Å². The Kier molecular flexibility index (Phi) is 0.569. The molecule has 3 nitrogen and oxygen atoms in total. The number of nitrogens with zero attached hydrogens (tertiary/aromatic N) is 1. The highest BCUT2D eigenvalue weighted by molar-refractivity contribution is 5.81. The zero-order valence-electron chi connectivity index (χ0n) is 14.8. The molecule has 62 valence electrons. The molecule has 1 saturated carbocycles. The van der Waals surface area contributed by atoms with Gasteiger partial charge in [-0.05, 0) is 12.8 Å². The van der Waals surface area contributed by atoms with Gasteiger partial charge in [0.05, 0.1) is 5.48 Å². The number of carbonyl (C=O) groups is 1. The molecule has 0 radical (unpaired) electrons. The second-order valence-corrected chi connectivity index (χ2v) is 2.34. The molecular formula is C8H14N2O. The van der Waals surface area contributed by atoms with Crippen LogP contribution >= 0.6 is 0 Å². The van der Waals surface area contributed by atoms with Gasteiger partial charge < -0.3 is 10.2 Å². The van der Waals surface area contributed by atoms with Crippen LogP contribution in [0.25, 0.3) is 0 Å². The molecule has 1 N–H and O–H groups in total. The number of piperazine rings is 1. The lowest BCUT2D eigenvalue weighted by molar-refractivity contribution is -0.133. The van der Waals surface area contributed by atoms with Gasteiger partial charge in [0.25, 0.3) is 0 Å². The second-order valence-electron chi connectivity index (χ2n) is 2.34. The summed E-state index contributed by atoms with van der Waals surface area (Å²) in [6, 6.07) is 0. The van der Waals surface area contributed by atoms with Crippen molar-refractivity contribution in [1.29, 1.82) is 0 Å². The van der Waals surface area contributed by atoms with Gasteiger partial charge in [-0.2, -0.15) is 0 Å². The predicted molar refractivity (Wildman–Crippen MR) is 42.2 cm³/mol. The molecule has 1 heterocycles. The summed E-state index contributed by atoms with van der Waals surface area (Å²) in [6.45, 7) is -12.3. The van der Waals surface area contributed by atoms with Gasteiger partial charge in [0.1, 0.15) is 0 Å². The number of rotatable bonds is 1. The fraction of sp³-hybridized carbons (Fsp3) is 0.875. The Hall–Kier alpha value is -0.570. The van der Waals surface area contributed by atoms with Crippen LogP contribution < -0.4 is 5.32 Å². The number of carbonyl (C=O) groups excluding carboxylic acids is 1. The first-order valence-corrected chi connectivity index (χ1v) is 3.33. The third-order valence-corrected chi connectivity index (χ3v) is 1.47. The zero-order valence-corrected chi connectivity index (χ0v) is 5.77. The molecule has 1 aliphatic heterocycles. The van der Waals surface area contributed by atoms with Gasteiger partial charge in [0.15, 0.2) is 0 Å². The maximum absolute atomic E-state index is 12.2. The summed E-state index contributed by atoms with van der Waals surface area (Å²) in [5.41, 5.74) is 0. The molecule has 0 bridgehead atoms. The average Bonchev–Trinajstić information content (AvgIpc) is 2.93. The van der Waals surface area contributed by atoms with Crippen molar-refractivity contribution in [3.63, 3.8) is 0 Å². The van der Waals surface area contributed by atoms with Gasteiger partial charge in [-0.1, -0.05) is 0 Å². The van der Waals surface area contributed by atoms with Crippen LogP contribution in [0.5, 0.6) is 0 Å². The number of amides is 1. The van der Waals surface area contributed by atoms with Gasteiger partial charge in [-0.3, -0.25) is 4.79 Å². The largest absolute Gasteiger partial charge is 0.340 e. The maximum Gasteiger partial charge on any atom is 0.225 e. The summed E-state index contributed by atoms with van der Waals surface area (Å²) in [4.78, 5) is 12.1. The van der Waals surface area contributed by atoms with E-state index in [2.05, 4.69) is 0 Å². The van der Waals surface area contributed by atoms with E-state index in [9.17, 15) is 4.79 Å². The van der Waals surface area contributed by atoms with Crippen molar-refractivity contribution in [3.8, 4) is 0 Å². The van der Waals surface area contributed by atoms with E-state index in [0.717, 1.165) is 0 Å². The average molecular weight is 163 g/mol. The predicted octanol–water partition coefficient (Wildman–Crippen LogP) is -0.172. The van der Waals surface area contributed by atoms with Crippen molar-refractivity contribution in [2.45, 2.75) is 12.8 Å². The van der Waals surface area contributed by atoms with Crippen LogP contribution in [0, 0.1) is 5.89 Å². The molecule has 0 atom stereocenters. The summed E-state index contributed by atoms with van der Waals surface area (Å²) in [5.74, 6) is -2.92. The molecule has 1 amide bonds. The summed E-state index contributed by atoms with van der Waals surface area (Å²) >= 11 is 0. The third kappa shape index (κ3) is 1.53. The molecular weight excluding hydrogens is 140 g/mol. The lowest BCUT2D eigenvalue weighted by Crippen LogP contribution is -2.46. The molecule has 0 spiro atoms. The van der Waals surface area contributed by atoms with Crippen molar-refractivity contribution >= 4 is 5.91 Å². The third-order valence-electron chi connectivity index (χ3n) is 1.47. The lowest BCUT2D eigenvalue weighted by Gasteiger charge is -2.27. The van der Waals surface area contributed by atoms with Crippen molar-refractivity contribution in [3.05, 3.63) is 0 Å². The topological polar surface area (TPSA) is 32.3 Å². The second kappa shape index (κ2) is 2.81. The van der Waals surface area contributed by atoms with E-state index in [-0.39, 0.29) is 17.7 Å². The summed E-state index contributed by atoms with van der Waals surface area (Å²) in [7, 11) is 0. The van der Waals surface area contributed by atoms with Crippen LogP contribution in [-0.2, 0) is 4.79 Å². The smallest absolute Gasteiger partial charge is 0.225 e. The van der Waals surface area contributed by atoms with Crippen LogP contribution in [0.1, 0.15) is 25.2 Å². The summed E-state index contributed by atoms with van der Waals surface area (Å²) in [5, 5.41) is 1.63. The van der Waals surface area contributed by atoms with Gasteiger partial charge in [-0.25, -0.2) is 0 Å². The minimum Gasteiger partial charge on any atom is -0.340 e. The molecule has 0 unspecified atom stereocenters. The fourth-order valence-corrected chi connectivity index (χ4v) is 0.763. The summed E-state index contributed by atoms with van der Waals surface area (Å²) in [6.07, 6.45) is 0.238. The van der Waals surface area contributed by atoms with Crippen LogP contribution in [0.4, 0.5) is 0 Å². The Morgan fingerprint density at radius 2 is 2.18 bits per heavy atom. The van der Waals surface area contributed by atoms with Gasteiger partial charge in [0.2, 0.25) is 5.91 Å². The lowest BCUT2D eigenvalue weighted by atomic mass is 10.3. The quantitative estimate of drug-likeness (QED) is 0.582. The Bertz CT molecular complexity index is 433. The minimum absolute atomic E-state index is 0.0868. The SMILES string of the molecule is [2H]C1(C(=O)N2C([2H])([2H])C([2H])([2H])NC([2H])([2H])C2([2H])[2H])CC1. The van der Waals surface area contributed by atoms with E-state index in [1.165, 1.54) is 0 Å². The molecule has 1 saturated heterocycles. The van der Waals surface area contributed by atoms with Gasteiger partial charge in [-0.15, -0.1) is 0 Å².